The lowest BCUT2D eigenvalue weighted by atomic mass is 9.86. The van der Waals surface area contributed by atoms with E-state index in [0.717, 1.165) is 19.3 Å². The number of methoxy groups -OCH3 is 2. The van der Waals surface area contributed by atoms with Crippen molar-refractivity contribution in [3.8, 4) is 11.5 Å². The van der Waals surface area contributed by atoms with Gasteiger partial charge in [0.1, 0.15) is 18.0 Å². The summed E-state index contributed by atoms with van der Waals surface area (Å²) >= 11 is 0. The molecule has 1 saturated carbocycles. The molecular weight excluding hydrogens is 376 g/mol. The summed E-state index contributed by atoms with van der Waals surface area (Å²) in [5.41, 5.74) is 0.283. The zero-order valence-electron chi connectivity index (χ0n) is 17.4. The van der Waals surface area contributed by atoms with Gasteiger partial charge < -0.3 is 24.8 Å². The Bertz CT molecular complexity index is 714. The number of hydrogen-bond acceptors (Lipinski definition) is 6. The van der Waals surface area contributed by atoms with Crippen LogP contribution in [0.25, 0.3) is 0 Å². The molecule has 1 aromatic rings. The quantitative estimate of drug-likeness (QED) is 0.641. The van der Waals surface area contributed by atoms with Crippen LogP contribution in [-0.2, 0) is 14.3 Å². The van der Waals surface area contributed by atoms with Crippen LogP contribution in [0.2, 0.25) is 0 Å². The van der Waals surface area contributed by atoms with Crippen molar-refractivity contribution in [1.82, 2.24) is 10.6 Å². The molecule has 0 radical (unpaired) electrons. The summed E-state index contributed by atoms with van der Waals surface area (Å²) in [5.74, 6) is -0.158. The molecule has 1 fully saturated rings. The smallest absolute Gasteiger partial charge is 0.326 e. The predicted molar refractivity (Wildman–Crippen MR) is 107 cm³/mol. The number of amides is 2. The zero-order chi connectivity index (χ0) is 21.4. The molecule has 0 aromatic heterocycles. The number of carbonyl (C=O) groups excluding carboxylic acids is 3. The van der Waals surface area contributed by atoms with E-state index in [-0.39, 0.29) is 24.1 Å². The average molecular weight is 406 g/mol. The van der Waals surface area contributed by atoms with E-state index < -0.39 is 18.0 Å². The number of hydrogen-bond donors (Lipinski definition) is 2. The van der Waals surface area contributed by atoms with Gasteiger partial charge in [-0.2, -0.15) is 0 Å². The molecule has 0 bridgehead atoms. The summed E-state index contributed by atoms with van der Waals surface area (Å²) in [5, 5.41) is 5.44. The molecule has 1 aromatic carbocycles. The Balaban J connectivity index is 1.82. The van der Waals surface area contributed by atoms with Gasteiger partial charge in [0.2, 0.25) is 0 Å². The van der Waals surface area contributed by atoms with E-state index >= 15 is 0 Å². The lowest BCUT2D eigenvalue weighted by molar-refractivity contribution is -0.154. The van der Waals surface area contributed by atoms with Crippen LogP contribution < -0.4 is 20.1 Å². The first kappa shape index (κ1) is 22.5. The molecule has 8 heteroatoms. The number of ether oxygens (including phenoxy) is 3. The van der Waals surface area contributed by atoms with Crippen LogP contribution in [0.3, 0.4) is 0 Å². The Labute approximate surface area is 171 Å². The fraction of sp³-hybridized carbons (Fsp3) is 0.571. The first-order valence-corrected chi connectivity index (χ1v) is 9.85. The molecular formula is C21H30N2O6. The van der Waals surface area contributed by atoms with E-state index in [0.29, 0.717) is 17.4 Å². The number of carbonyl (C=O) groups is 3. The van der Waals surface area contributed by atoms with E-state index in [1.807, 2.05) is 0 Å². The molecule has 160 valence electrons. The van der Waals surface area contributed by atoms with Crippen molar-refractivity contribution in [3.63, 3.8) is 0 Å². The number of esters is 1. The second-order valence-corrected chi connectivity index (χ2v) is 7.29. The van der Waals surface area contributed by atoms with Crippen molar-refractivity contribution in [3.05, 3.63) is 23.8 Å². The minimum Gasteiger partial charge on any atom is -0.497 e. The van der Waals surface area contributed by atoms with Crippen molar-refractivity contribution in [2.45, 2.75) is 51.7 Å². The van der Waals surface area contributed by atoms with Gasteiger partial charge in [-0.3, -0.25) is 14.4 Å². The number of nitrogens with one attached hydrogen (secondary N) is 2. The standard InChI is InChI=1S/C21H30N2O6/c1-13-7-5-6-8-18(13)23-20(25)14(2)29-19(24)12-22-21(26)15-9-16(27-3)11-17(10-15)28-4/h9-11,13-14,18H,5-8,12H2,1-4H3,(H,22,26)(H,23,25)/t13-,14-,18-/m1/s1. The van der Waals surface area contributed by atoms with Crippen LogP contribution in [0, 0.1) is 5.92 Å². The molecule has 1 aliphatic rings. The molecule has 0 heterocycles. The Hall–Kier alpha value is -2.77. The summed E-state index contributed by atoms with van der Waals surface area (Å²) in [6.07, 6.45) is 3.36. The van der Waals surface area contributed by atoms with Gasteiger partial charge in [0.15, 0.2) is 6.10 Å². The zero-order valence-corrected chi connectivity index (χ0v) is 17.4. The van der Waals surface area contributed by atoms with Crippen molar-refractivity contribution < 1.29 is 28.6 Å². The molecule has 0 aliphatic heterocycles. The van der Waals surface area contributed by atoms with E-state index in [9.17, 15) is 14.4 Å². The highest BCUT2D eigenvalue weighted by atomic mass is 16.5. The van der Waals surface area contributed by atoms with Crippen LogP contribution in [0.15, 0.2) is 18.2 Å². The van der Waals surface area contributed by atoms with Crippen molar-refractivity contribution in [2.24, 2.45) is 5.92 Å². The average Bonchev–Trinajstić information content (AvgIpc) is 2.72. The molecule has 8 nitrogen and oxygen atoms in total. The second kappa shape index (κ2) is 10.7. The summed E-state index contributed by atoms with van der Waals surface area (Å²) in [4.78, 5) is 36.6. The van der Waals surface area contributed by atoms with Crippen LogP contribution in [0.5, 0.6) is 11.5 Å². The van der Waals surface area contributed by atoms with E-state index in [1.165, 1.54) is 39.7 Å². The van der Waals surface area contributed by atoms with Crippen LogP contribution >= 0.6 is 0 Å². The minimum atomic E-state index is -0.926. The molecule has 0 saturated heterocycles. The maximum atomic E-state index is 12.3. The fourth-order valence-corrected chi connectivity index (χ4v) is 3.32. The summed E-state index contributed by atoms with van der Waals surface area (Å²) in [7, 11) is 2.96. The Morgan fingerprint density at radius 3 is 2.28 bits per heavy atom. The van der Waals surface area contributed by atoms with E-state index in [1.54, 1.807) is 6.07 Å². The Kier molecular flexibility index (Phi) is 8.30. The predicted octanol–water partition coefficient (Wildman–Crippen LogP) is 2.06. The molecule has 0 unspecified atom stereocenters. The van der Waals surface area contributed by atoms with Crippen LogP contribution in [-0.4, -0.2) is 50.7 Å². The maximum Gasteiger partial charge on any atom is 0.326 e. The third-order valence-electron chi connectivity index (χ3n) is 5.12. The highest BCUT2D eigenvalue weighted by Gasteiger charge is 2.26. The first-order chi connectivity index (χ1) is 13.8. The molecule has 1 aliphatic carbocycles. The molecule has 29 heavy (non-hydrogen) atoms. The normalized spacial score (nSPS) is 19.6. The Morgan fingerprint density at radius 2 is 1.69 bits per heavy atom. The molecule has 2 N–H and O–H groups in total. The highest BCUT2D eigenvalue weighted by molar-refractivity contribution is 5.97. The van der Waals surface area contributed by atoms with E-state index in [2.05, 4.69) is 17.6 Å². The third-order valence-corrected chi connectivity index (χ3v) is 5.12. The lowest BCUT2D eigenvalue weighted by Gasteiger charge is -2.30. The van der Waals surface area contributed by atoms with Crippen LogP contribution in [0.1, 0.15) is 49.9 Å². The van der Waals surface area contributed by atoms with Crippen molar-refractivity contribution in [2.75, 3.05) is 20.8 Å². The van der Waals surface area contributed by atoms with Gasteiger partial charge >= 0.3 is 5.97 Å². The van der Waals surface area contributed by atoms with Crippen molar-refractivity contribution >= 4 is 17.8 Å². The molecule has 3 atom stereocenters. The highest BCUT2D eigenvalue weighted by Crippen LogP contribution is 2.24. The number of rotatable bonds is 8. The molecule has 2 amide bonds. The summed E-state index contributed by atoms with van der Waals surface area (Å²) in [6, 6.07) is 4.81. The summed E-state index contributed by atoms with van der Waals surface area (Å²) in [6.45, 7) is 3.29. The monoisotopic (exact) mass is 406 g/mol. The fourth-order valence-electron chi connectivity index (χ4n) is 3.32. The molecule has 0 spiro atoms. The lowest BCUT2D eigenvalue weighted by Crippen LogP contribution is -2.46. The van der Waals surface area contributed by atoms with Crippen molar-refractivity contribution in [1.29, 1.82) is 0 Å². The summed E-state index contributed by atoms with van der Waals surface area (Å²) < 4.78 is 15.4. The largest absolute Gasteiger partial charge is 0.497 e. The van der Waals surface area contributed by atoms with Crippen LogP contribution in [0.4, 0.5) is 0 Å². The number of benzene rings is 1. The van der Waals surface area contributed by atoms with Gasteiger partial charge in [0.25, 0.3) is 11.8 Å². The minimum absolute atomic E-state index is 0.111. The Morgan fingerprint density at radius 1 is 1.07 bits per heavy atom. The van der Waals surface area contributed by atoms with Gasteiger partial charge in [-0.15, -0.1) is 0 Å². The van der Waals surface area contributed by atoms with Gasteiger partial charge in [-0.25, -0.2) is 0 Å². The SMILES string of the molecule is COc1cc(OC)cc(C(=O)NCC(=O)O[C@H](C)C(=O)N[C@@H]2CCCC[C@H]2C)c1. The third kappa shape index (κ3) is 6.66. The van der Waals surface area contributed by atoms with Gasteiger partial charge in [-0.1, -0.05) is 19.8 Å². The van der Waals surface area contributed by atoms with E-state index in [4.69, 9.17) is 14.2 Å². The second-order valence-electron chi connectivity index (χ2n) is 7.29. The van der Waals surface area contributed by atoms with Gasteiger partial charge in [0.05, 0.1) is 14.2 Å². The first-order valence-electron chi connectivity index (χ1n) is 9.85. The van der Waals surface area contributed by atoms with Gasteiger partial charge in [0, 0.05) is 17.7 Å². The molecule has 2 rings (SSSR count). The topological polar surface area (TPSA) is 103 Å². The maximum absolute atomic E-state index is 12.3. The van der Waals surface area contributed by atoms with Gasteiger partial charge in [-0.05, 0) is 37.8 Å².